The number of nitrogens with one attached hydrogen (secondary N) is 1. The summed E-state index contributed by atoms with van der Waals surface area (Å²) >= 11 is 5.85. The number of rotatable bonds is 3. The molecule has 0 heterocycles. The lowest BCUT2D eigenvalue weighted by atomic mass is 9.88. The first kappa shape index (κ1) is 15.3. The van der Waals surface area contributed by atoms with Crippen molar-refractivity contribution in [3.63, 3.8) is 0 Å². The second-order valence-corrected chi connectivity index (χ2v) is 8.09. The average molecular weight is 339 g/mol. The highest BCUT2D eigenvalue weighted by molar-refractivity contribution is 7.90. The van der Waals surface area contributed by atoms with Crippen LogP contribution in [0.15, 0.2) is 23.1 Å². The van der Waals surface area contributed by atoms with Crippen LogP contribution in [0.4, 0.5) is 0 Å². The first-order valence-corrected chi connectivity index (χ1v) is 9.03. The summed E-state index contributed by atoms with van der Waals surface area (Å²) in [7, 11) is -3.95. The van der Waals surface area contributed by atoms with Gasteiger partial charge in [0.05, 0.1) is 15.5 Å². The molecule has 1 aromatic carbocycles. The lowest BCUT2D eigenvalue weighted by Gasteiger charge is -2.20. The van der Waals surface area contributed by atoms with E-state index in [0.29, 0.717) is 11.8 Å². The largest absolute Gasteiger partial charge is 0.274 e. The quantitative estimate of drug-likeness (QED) is 0.917. The molecule has 2 aliphatic carbocycles. The monoisotopic (exact) mass is 338 g/mol. The molecule has 2 bridgehead atoms. The standard InChI is InChI=1S/C15H15ClN2O3S/c16-14-7-12(4-3-11(14)8-17)22(20,21)18-15(19)13-6-9-1-2-10(13)5-9/h3-4,7,9-10,13H,1-2,5-6H2,(H,18,19). The minimum Gasteiger partial charge on any atom is -0.274 e. The van der Waals surface area contributed by atoms with E-state index in [9.17, 15) is 13.2 Å². The molecular weight excluding hydrogens is 324 g/mol. The molecule has 2 saturated carbocycles. The van der Waals surface area contributed by atoms with Gasteiger partial charge in [-0.15, -0.1) is 0 Å². The van der Waals surface area contributed by atoms with Crippen LogP contribution in [-0.2, 0) is 14.8 Å². The van der Waals surface area contributed by atoms with Gasteiger partial charge < -0.3 is 0 Å². The highest BCUT2D eigenvalue weighted by Crippen LogP contribution is 2.48. The Morgan fingerprint density at radius 2 is 2.09 bits per heavy atom. The molecule has 1 aromatic rings. The van der Waals surface area contributed by atoms with Gasteiger partial charge in [-0.3, -0.25) is 4.79 Å². The van der Waals surface area contributed by atoms with Crippen LogP contribution in [0.1, 0.15) is 31.2 Å². The zero-order valence-electron chi connectivity index (χ0n) is 11.8. The molecule has 0 spiro atoms. The van der Waals surface area contributed by atoms with Gasteiger partial charge in [0.2, 0.25) is 5.91 Å². The van der Waals surface area contributed by atoms with Crippen LogP contribution >= 0.6 is 11.6 Å². The number of nitrogens with zero attached hydrogens (tertiary/aromatic N) is 1. The molecule has 3 unspecified atom stereocenters. The molecule has 1 amide bonds. The highest BCUT2D eigenvalue weighted by atomic mass is 35.5. The van der Waals surface area contributed by atoms with Gasteiger partial charge in [0.15, 0.2) is 0 Å². The smallest absolute Gasteiger partial charge is 0.264 e. The van der Waals surface area contributed by atoms with Gasteiger partial charge in [-0.05, 0) is 49.3 Å². The molecule has 0 saturated heterocycles. The first-order valence-electron chi connectivity index (χ1n) is 7.17. The van der Waals surface area contributed by atoms with Crippen molar-refractivity contribution < 1.29 is 13.2 Å². The van der Waals surface area contributed by atoms with Gasteiger partial charge in [-0.25, -0.2) is 13.1 Å². The predicted molar refractivity (Wildman–Crippen MR) is 80.4 cm³/mol. The predicted octanol–water partition coefficient (Wildman–Crippen LogP) is 2.45. The molecule has 3 rings (SSSR count). The molecule has 5 nitrogen and oxygen atoms in total. The van der Waals surface area contributed by atoms with E-state index in [2.05, 4.69) is 4.72 Å². The summed E-state index contributed by atoms with van der Waals surface area (Å²) in [6.07, 6.45) is 3.96. The maximum Gasteiger partial charge on any atom is 0.264 e. The molecule has 116 valence electrons. The molecule has 0 radical (unpaired) electrons. The number of amides is 1. The Morgan fingerprint density at radius 1 is 1.32 bits per heavy atom. The maximum absolute atomic E-state index is 12.3. The van der Waals surface area contributed by atoms with Crippen LogP contribution in [-0.4, -0.2) is 14.3 Å². The van der Waals surface area contributed by atoms with Crippen LogP contribution < -0.4 is 4.72 Å². The minimum absolute atomic E-state index is 0.0535. The summed E-state index contributed by atoms with van der Waals surface area (Å²) in [5.74, 6) is 0.243. The van der Waals surface area contributed by atoms with Gasteiger partial charge >= 0.3 is 0 Å². The number of benzene rings is 1. The zero-order chi connectivity index (χ0) is 15.9. The Bertz CT molecular complexity index is 769. The van der Waals surface area contributed by atoms with Crippen molar-refractivity contribution in [2.24, 2.45) is 17.8 Å². The number of carbonyl (C=O) groups is 1. The number of nitriles is 1. The summed E-state index contributed by atoms with van der Waals surface area (Å²) in [5, 5.41) is 8.86. The Morgan fingerprint density at radius 3 is 2.64 bits per heavy atom. The molecule has 1 N–H and O–H groups in total. The zero-order valence-corrected chi connectivity index (χ0v) is 13.3. The molecule has 2 aliphatic rings. The van der Waals surface area contributed by atoms with Crippen LogP contribution in [0.2, 0.25) is 5.02 Å². The fraction of sp³-hybridized carbons (Fsp3) is 0.467. The van der Waals surface area contributed by atoms with E-state index >= 15 is 0 Å². The van der Waals surface area contributed by atoms with Crippen molar-refractivity contribution in [2.45, 2.75) is 30.6 Å². The third-order valence-electron chi connectivity index (χ3n) is 4.68. The second kappa shape index (κ2) is 5.56. The van der Waals surface area contributed by atoms with E-state index in [-0.39, 0.29) is 21.4 Å². The SMILES string of the molecule is N#Cc1ccc(S(=O)(=O)NC(=O)C2CC3CCC2C3)cc1Cl. The summed E-state index contributed by atoms with van der Waals surface area (Å²) < 4.78 is 26.7. The molecule has 7 heteroatoms. The first-order chi connectivity index (χ1) is 10.4. The normalized spacial score (nSPS) is 26.6. The van der Waals surface area contributed by atoms with Gasteiger partial charge in [-0.2, -0.15) is 5.26 Å². The van der Waals surface area contributed by atoms with Crippen LogP contribution in [0.25, 0.3) is 0 Å². The number of fused-ring (bicyclic) bond motifs is 2. The Balaban J connectivity index is 1.77. The van der Waals surface area contributed by atoms with E-state index in [4.69, 9.17) is 16.9 Å². The maximum atomic E-state index is 12.3. The Labute approximate surface area is 134 Å². The Kier molecular flexibility index (Phi) is 3.87. The van der Waals surface area contributed by atoms with E-state index in [1.165, 1.54) is 18.2 Å². The van der Waals surface area contributed by atoms with Gasteiger partial charge in [0.25, 0.3) is 10.0 Å². The summed E-state index contributed by atoms with van der Waals surface area (Å²) in [5.41, 5.74) is 0.194. The van der Waals surface area contributed by atoms with Crippen LogP contribution in [0.5, 0.6) is 0 Å². The van der Waals surface area contributed by atoms with Crippen molar-refractivity contribution in [3.8, 4) is 6.07 Å². The van der Waals surface area contributed by atoms with Crippen LogP contribution in [0, 0.1) is 29.1 Å². The lowest BCUT2D eigenvalue weighted by Crippen LogP contribution is -2.37. The Hall–Kier alpha value is -1.58. The molecular formula is C15H15ClN2O3S. The fourth-order valence-corrected chi connectivity index (χ4v) is 4.93. The number of hydrogen-bond acceptors (Lipinski definition) is 4. The number of halogens is 1. The van der Waals surface area contributed by atoms with E-state index in [1.54, 1.807) is 0 Å². The third kappa shape index (κ3) is 2.71. The van der Waals surface area contributed by atoms with Crippen molar-refractivity contribution in [3.05, 3.63) is 28.8 Å². The van der Waals surface area contributed by atoms with Crippen molar-refractivity contribution in [2.75, 3.05) is 0 Å². The molecule has 2 fully saturated rings. The molecule has 0 aliphatic heterocycles. The second-order valence-electron chi connectivity index (χ2n) is 6.00. The molecule has 0 aromatic heterocycles. The van der Waals surface area contributed by atoms with Gasteiger partial charge in [-0.1, -0.05) is 18.0 Å². The number of hydrogen-bond donors (Lipinski definition) is 1. The summed E-state index contributed by atoms with van der Waals surface area (Å²) in [6, 6.07) is 5.67. The van der Waals surface area contributed by atoms with Gasteiger partial charge in [0.1, 0.15) is 6.07 Å². The minimum atomic E-state index is -3.95. The van der Waals surface area contributed by atoms with Crippen molar-refractivity contribution >= 4 is 27.5 Å². The fourth-order valence-electron chi connectivity index (χ4n) is 3.59. The average Bonchev–Trinajstić information content (AvgIpc) is 3.09. The molecule has 22 heavy (non-hydrogen) atoms. The topological polar surface area (TPSA) is 87.0 Å². The third-order valence-corrected chi connectivity index (χ3v) is 6.34. The van der Waals surface area contributed by atoms with E-state index in [1.807, 2.05) is 6.07 Å². The summed E-state index contributed by atoms with van der Waals surface area (Å²) in [4.78, 5) is 12.2. The van der Waals surface area contributed by atoms with Gasteiger partial charge in [0, 0.05) is 5.92 Å². The number of sulfonamides is 1. The van der Waals surface area contributed by atoms with Crippen molar-refractivity contribution in [1.29, 1.82) is 5.26 Å². The van der Waals surface area contributed by atoms with E-state index in [0.717, 1.165) is 25.7 Å². The van der Waals surface area contributed by atoms with Crippen LogP contribution in [0.3, 0.4) is 0 Å². The van der Waals surface area contributed by atoms with E-state index < -0.39 is 15.9 Å². The number of carbonyl (C=O) groups excluding carboxylic acids is 1. The van der Waals surface area contributed by atoms with Crippen molar-refractivity contribution in [1.82, 2.24) is 4.72 Å². The molecule has 3 atom stereocenters. The highest BCUT2D eigenvalue weighted by Gasteiger charge is 2.43. The summed E-state index contributed by atoms with van der Waals surface area (Å²) in [6.45, 7) is 0. The lowest BCUT2D eigenvalue weighted by molar-refractivity contribution is -0.124.